The van der Waals surface area contributed by atoms with Crippen molar-refractivity contribution in [1.82, 2.24) is 14.3 Å². The van der Waals surface area contributed by atoms with Gasteiger partial charge in [0.05, 0.1) is 22.4 Å². The third kappa shape index (κ3) is 20.8. The van der Waals surface area contributed by atoms with Crippen molar-refractivity contribution in [2.75, 3.05) is 64.2 Å². The molecule has 3 radical (unpaired) electrons. The molecule has 419 valence electrons. The fourth-order valence-electron chi connectivity index (χ4n) is 8.23. The first kappa shape index (κ1) is 69.1. The molecule has 0 unspecified atom stereocenters. The molecule has 6 N–H and O–H groups in total. The van der Waals surface area contributed by atoms with Crippen molar-refractivity contribution in [2.24, 2.45) is 5.73 Å². The zero-order chi connectivity index (χ0) is 57.0. The number of nitrogens with two attached hydrogens (primary N) is 1. The Labute approximate surface area is 479 Å². The fraction of sp³-hybridized carbons (Fsp3) is 0.310. The molecule has 0 fully saturated rings. The average molecular weight is 1120 g/mol. The molecule has 0 saturated carbocycles. The maximum absolute atomic E-state index is 13.5. The number of rotatable bonds is 20. The van der Waals surface area contributed by atoms with E-state index >= 15 is 0 Å². The van der Waals surface area contributed by atoms with E-state index in [1.54, 1.807) is 72.8 Å². The summed E-state index contributed by atoms with van der Waals surface area (Å²) in [5, 5.41) is 20.9. The number of hydrogen-bond donors (Lipinski definition) is 5. The number of anilines is 2. The summed E-state index contributed by atoms with van der Waals surface area (Å²) in [6.07, 6.45) is 0.397. The average Bonchev–Trinajstić information content (AvgIpc) is 3.38. The van der Waals surface area contributed by atoms with E-state index in [0.717, 1.165) is 22.1 Å². The van der Waals surface area contributed by atoms with Crippen LogP contribution < -0.4 is 43.8 Å². The zero-order valence-corrected chi connectivity index (χ0v) is 48.0. The van der Waals surface area contributed by atoms with Gasteiger partial charge >= 0.3 is 24.8 Å². The number of sulfonamides is 2. The van der Waals surface area contributed by atoms with E-state index in [-0.39, 0.29) is 69.4 Å². The minimum Gasteiger partial charge on any atom is -1.00 e. The summed E-state index contributed by atoms with van der Waals surface area (Å²) in [6, 6.07) is 35.8. The molecule has 0 spiro atoms. The van der Waals surface area contributed by atoms with Gasteiger partial charge in [0.2, 0.25) is 20.0 Å². The Bertz CT molecular complexity index is 3310. The molecule has 0 aliphatic heterocycles. The van der Waals surface area contributed by atoms with Crippen LogP contribution in [0.3, 0.4) is 0 Å². The maximum Gasteiger partial charge on any atom is 1.00 e. The van der Waals surface area contributed by atoms with Gasteiger partial charge in [0.15, 0.2) is 0 Å². The predicted molar refractivity (Wildman–Crippen MR) is 309 cm³/mol. The second-order valence-corrected chi connectivity index (χ2v) is 21.8. The Morgan fingerprint density at radius 1 is 0.570 bits per heavy atom. The number of Topliss-reactive ketones (excluding diaryl/α,β-unsaturated/α-hetero) is 1. The molecule has 14 nitrogen and oxygen atoms in total. The van der Waals surface area contributed by atoms with Crippen LogP contribution in [0.25, 0.3) is 21.5 Å². The van der Waals surface area contributed by atoms with Gasteiger partial charge in [0, 0.05) is 75.6 Å². The summed E-state index contributed by atoms with van der Waals surface area (Å²) in [5.41, 5.74) is 8.82. The number of carboxylic acids is 1. The van der Waals surface area contributed by atoms with Gasteiger partial charge in [0.25, 0.3) is 0 Å². The molecule has 0 saturated heterocycles. The number of fused-ring (bicyclic) bond motifs is 2. The largest absolute Gasteiger partial charge is 1.00 e. The number of aliphatic carboxylic acids is 1. The second-order valence-electron chi connectivity index (χ2n) is 18.4. The van der Waals surface area contributed by atoms with E-state index in [9.17, 15) is 44.7 Å². The number of nitrogens with zero attached hydrogens (tertiary/aromatic N) is 3. The minimum absolute atomic E-state index is 0. The molecule has 0 aromatic heterocycles. The third-order valence-corrected chi connectivity index (χ3v) is 15.4. The van der Waals surface area contributed by atoms with Gasteiger partial charge < -0.3 is 32.1 Å². The predicted octanol–water partition coefficient (Wildman–Crippen LogP) is 5.31. The van der Waals surface area contributed by atoms with Crippen molar-refractivity contribution in [3.05, 3.63) is 180 Å². The van der Waals surface area contributed by atoms with Crippen LogP contribution >= 0.6 is 0 Å². The van der Waals surface area contributed by atoms with Crippen molar-refractivity contribution in [1.29, 1.82) is 0 Å². The van der Waals surface area contributed by atoms with E-state index in [4.69, 9.17) is 10.8 Å². The Morgan fingerprint density at radius 3 is 1.27 bits per heavy atom. The van der Waals surface area contributed by atoms with Crippen LogP contribution in [0.1, 0.15) is 45.8 Å². The normalized spacial score (nSPS) is 12.2. The third-order valence-electron chi connectivity index (χ3n) is 12.3. The van der Waals surface area contributed by atoms with E-state index in [1.807, 2.05) is 62.3 Å². The van der Waals surface area contributed by atoms with Gasteiger partial charge in [-0.2, -0.15) is 0 Å². The summed E-state index contributed by atoms with van der Waals surface area (Å²) in [5.74, 6) is -2.63. The van der Waals surface area contributed by atoms with Gasteiger partial charge in [-0.05, 0) is 123 Å². The van der Waals surface area contributed by atoms with Gasteiger partial charge in [0.1, 0.15) is 29.3 Å². The number of halogens is 3. The SMILES string of the molecule is CC(=O)[C@@H](Cc1cccc(F)c1)NS(=O)(=O)c1ccc(N(C)C)c2ccccc12.CCN(CC)CC.CN(C)c1ccc(S(=O)(=O)N[C@@H](CO)Cc2cccc(F)c2)c2ccccc12.N[C@H](Cc1cccc(F)c1)C(=O)O.[B].[H-].[Li+]. The number of carboxylic acid groups (broad SMARTS) is 1. The molecule has 3 atom stereocenters. The number of aliphatic hydroxyl groups excluding tert-OH is 1. The molecule has 79 heavy (non-hydrogen) atoms. The van der Waals surface area contributed by atoms with Crippen molar-refractivity contribution in [3.63, 3.8) is 0 Å². The number of nitrogens with one attached hydrogen (secondary N) is 2. The molecule has 0 heterocycles. The Hall–Kier alpha value is -6.05. The monoisotopic (exact) mass is 1120 g/mol. The molecule has 7 rings (SSSR count). The molecule has 7 aromatic rings. The van der Waals surface area contributed by atoms with Gasteiger partial charge in [-0.1, -0.05) is 106 Å². The second kappa shape index (κ2) is 32.9. The molecular weight excluding hydrogens is 1050 g/mol. The number of carbonyl (C=O) groups is 2. The van der Waals surface area contributed by atoms with Crippen LogP contribution in [0, 0.1) is 17.5 Å². The van der Waals surface area contributed by atoms with E-state index in [1.165, 1.54) is 75.1 Å². The zero-order valence-electron chi connectivity index (χ0n) is 47.3. The maximum atomic E-state index is 13.5. The number of benzene rings is 7. The van der Waals surface area contributed by atoms with Crippen LogP contribution in [0.2, 0.25) is 0 Å². The molecule has 7 aromatic carbocycles. The summed E-state index contributed by atoms with van der Waals surface area (Å²) in [7, 11) is -0.309. The van der Waals surface area contributed by atoms with Crippen molar-refractivity contribution >= 4 is 73.1 Å². The topological polar surface area (TPSA) is 203 Å². The van der Waals surface area contributed by atoms with Crippen molar-refractivity contribution < 1.29 is 70.1 Å². The van der Waals surface area contributed by atoms with E-state index < -0.39 is 62.4 Å². The first-order valence-corrected chi connectivity index (χ1v) is 27.9. The number of carbonyl (C=O) groups excluding carboxylic acids is 1. The minimum atomic E-state index is -3.99. The molecule has 0 amide bonds. The quantitative estimate of drug-likeness (QED) is 0.0617. The van der Waals surface area contributed by atoms with Gasteiger partial charge in [-0.15, -0.1) is 0 Å². The van der Waals surface area contributed by atoms with E-state index in [2.05, 4.69) is 35.1 Å². The first-order chi connectivity index (χ1) is 36.4. The summed E-state index contributed by atoms with van der Waals surface area (Å²) in [6.45, 7) is 11.0. The van der Waals surface area contributed by atoms with E-state index in [0.29, 0.717) is 27.5 Å². The molecule has 0 bridgehead atoms. The van der Waals surface area contributed by atoms with Crippen LogP contribution in [0.5, 0.6) is 0 Å². The van der Waals surface area contributed by atoms with Crippen molar-refractivity contribution in [3.8, 4) is 0 Å². The Morgan fingerprint density at radius 2 is 0.937 bits per heavy atom. The number of hydrogen-bond acceptors (Lipinski definition) is 11. The Balaban J connectivity index is 0.000000584. The van der Waals surface area contributed by atoms with Crippen LogP contribution in [0.4, 0.5) is 24.5 Å². The first-order valence-electron chi connectivity index (χ1n) is 24.9. The number of aliphatic hydroxyl groups is 1. The van der Waals surface area contributed by atoms with Crippen LogP contribution in [-0.4, -0.2) is 125 Å². The van der Waals surface area contributed by atoms with Crippen LogP contribution in [-0.2, 0) is 48.9 Å². The number of ketones is 1. The van der Waals surface area contributed by atoms with Crippen LogP contribution in [0.15, 0.2) is 155 Å². The fourth-order valence-corrected chi connectivity index (χ4v) is 11.1. The molecular formula is C58H72BF3LiN6O8S2. The Kier molecular flexibility index (Phi) is 28.7. The van der Waals surface area contributed by atoms with Gasteiger partial charge in [-0.3, -0.25) is 9.59 Å². The summed E-state index contributed by atoms with van der Waals surface area (Å²) in [4.78, 5) is 28.9. The smallest absolute Gasteiger partial charge is 1.00 e. The summed E-state index contributed by atoms with van der Waals surface area (Å²) >= 11 is 0. The van der Waals surface area contributed by atoms with Gasteiger partial charge in [-0.25, -0.2) is 39.5 Å². The van der Waals surface area contributed by atoms with Crippen molar-refractivity contribution in [2.45, 2.75) is 74.9 Å². The molecule has 0 aliphatic rings. The standard InChI is InChI=1S/C22H23FN2O3S.C21H23FN2O3S.C9H10FNO2.C6H15N.B.Li.H/c1-15(26)20(14-16-7-6-8-17(23)13-16)24-29(27,28)22-12-11-21(25(2)3)18-9-4-5-10-19(18)22;1-24(2)20-10-11-21(19-9-4-3-8-18(19)20)28(26,27)23-17(14-25)13-15-6-5-7-16(22)12-15;10-7-3-1-2-6(4-7)5-8(11)9(12)13;1-4-7(5-2)6-3;;;/h4-13,20,24H,14H2,1-3H3;3-12,17,23,25H,13-14H2,1-2H3;1-4,8H,5,11H2,(H,12,13);4-6H2,1-3H3;;;/q;;;;;+1;-1/t20-;17-;8-;;;;/m111..../s1. The molecule has 21 heteroatoms. The molecule has 0 aliphatic carbocycles. The summed E-state index contributed by atoms with van der Waals surface area (Å²) < 4.78 is 96.9.